The number of alkyl halides is 3. The summed E-state index contributed by atoms with van der Waals surface area (Å²) in [6.07, 6.45) is -4.49. The minimum atomic E-state index is -4.49. The van der Waals surface area contributed by atoms with Crippen molar-refractivity contribution in [2.75, 3.05) is 0 Å². The summed E-state index contributed by atoms with van der Waals surface area (Å²) < 4.78 is 37.5. The first-order chi connectivity index (χ1) is 8.29. The van der Waals surface area contributed by atoms with Gasteiger partial charge in [-0.15, -0.1) is 0 Å². The third-order valence-electron chi connectivity index (χ3n) is 2.48. The molecule has 2 aromatic rings. The Morgan fingerprint density at radius 2 is 2.06 bits per heavy atom. The topological polar surface area (TPSA) is 71.8 Å². The van der Waals surface area contributed by atoms with E-state index in [9.17, 15) is 18.0 Å². The van der Waals surface area contributed by atoms with Gasteiger partial charge in [0.05, 0.1) is 22.5 Å². The SMILES string of the molecule is CC(N)c1nc2ccc(C(F)(F)F)cc2c(=O)[nH]1. The third kappa shape index (κ3) is 2.21. The number of rotatable bonds is 1. The molecule has 1 unspecified atom stereocenters. The van der Waals surface area contributed by atoms with Crippen LogP contribution in [0, 0.1) is 0 Å². The molecule has 0 fully saturated rings. The second kappa shape index (κ2) is 4.09. The highest BCUT2D eigenvalue weighted by molar-refractivity contribution is 5.78. The lowest BCUT2D eigenvalue weighted by atomic mass is 10.1. The van der Waals surface area contributed by atoms with E-state index in [1.54, 1.807) is 6.92 Å². The average Bonchev–Trinajstić information content (AvgIpc) is 2.27. The highest BCUT2D eigenvalue weighted by Gasteiger charge is 2.30. The molecule has 0 spiro atoms. The predicted octanol–water partition coefficient (Wildman–Crippen LogP) is 1.96. The second-order valence-corrected chi connectivity index (χ2v) is 3.97. The van der Waals surface area contributed by atoms with Gasteiger partial charge in [0.1, 0.15) is 5.82 Å². The van der Waals surface area contributed by atoms with Crippen LogP contribution in [0.3, 0.4) is 0 Å². The Hall–Kier alpha value is -1.89. The number of aromatic amines is 1. The zero-order valence-corrected chi connectivity index (χ0v) is 9.38. The summed E-state index contributed by atoms with van der Waals surface area (Å²) in [5.74, 6) is 0.243. The van der Waals surface area contributed by atoms with E-state index in [-0.39, 0.29) is 16.7 Å². The fraction of sp³-hybridized carbons (Fsp3) is 0.273. The number of nitrogens with one attached hydrogen (secondary N) is 1. The number of hydrogen-bond acceptors (Lipinski definition) is 3. The quantitative estimate of drug-likeness (QED) is 0.820. The first kappa shape index (κ1) is 12.6. The van der Waals surface area contributed by atoms with Crippen LogP contribution in [0.1, 0.15) is 24.4 Å². The zero-order valence-electron chi connectivity index (χ0n) is 9.38. The van der Waals surface area contributed by atoms with Crippen LogP contribution in [0.5, 0.6) is 0 Å². The summed E-state index contributed by atoms with van der Waals surface area (Å²) >= 11 is 0. The van der Waals surface area contributed by atoms with E-state index in [1.165, 1.54) is 6.07 Å². The summed E-state index contributed by atoms with van der Waals surface area (Å²) in [5.41, 5.74) is 4.25. The van der Waals surface area contributed by atoms with Gasteiger partial charge in [-0.25, -0.2) is 4.98 Å². The molecule has 2 rings (SSSR count). The van der Waals surface area contributed by atoms with Gasteiger partial charge in [0.15, 0.2) is 0 Å². The molecule has 0 aliphatic rings. The third-order valence-corrected chi connectivity index (χ3v) is 2.48. The zero-order chi connectivity index (χ0) is 13.5. The number of fused-ring (bicyclic) bond motifs is 1. The molecule has 1 aromatic carbocycles. The maximum Gasteiger partial charge on any atom is 0.416 e. The van der Waals surface area contributed by atoms with Crippen molar-refractivity contribution < 1.29 is 13.2 Å². The molecule has 0 saturated heterocycles. The predicted molar refractivity (Wildman–Crippen MR) is 60.0 cm³/mol. The van der Waals surface area contributed by atoms with Crippen molar-refractivity contribution in [3.63, 3.8) is 0 Å². The number of nitrogens with zero attached hydrogens (tertiary/aromatic N) is 1. The van der Waals surface area contributed by atoms with Gasteiger partial charge in [-0.3, -0.25) is 4.79 Å². The first-order valence-electron chi connectivity index (χ1n) is 5.16. The van der Waals surface area contributed by atoms with Gasteiger partial charge in [0.2, 0.25) is 0 Å². The fourth-order valence-electron chi connectivity index (χ4n) is 1.55. The highest BCUT2D eigenvalue weighted by atomic mass is 19.4. The fourth-order valence-corrected chi connectivity index (χ4v) is 1.55. The van der Waals surface area contributed by atoms with Crippen molar-refractivity contribution in [3.8, 4) is 0 Å². The molecule has 1 heterocycles. The van der Waals surface area contributed by atoms with Crippen LogP contribution in [-0.2, 0) is 6.18 Å². The standard InChI is InChI=1S/C11H10F3N3O/c1-5(15)9-16-8-3-2-6(11(12,13)14)4-7(8)10(18)17-9/h2-5H,15H2,1H3,(H,16,17,18). The summed E-state index contributed by atoms with van der Waals surface area (Å²) in [6.45, 7) is 1.62. The van der Waals surface area contributed by atoms with Gasteiger partial charge < -0.3 is 10.7 Å². The number of nitrogens with two attached hydrogens (primary N) is 1. The molecule has 0 radical (unpaired) electrons. The van der Waals surface area contributed by atoms with Crippen LogP contribution >= 0.6 is 0 Å². The molecule has 1 aromatic heterocycles. The lowest BCUT2D eigenvalue weighted by molar-refractivity contribution is -0.137. The molecule has 96 valence electrons. The molecule has 0 aliphatic heterocycles. The second-order valence-electron chi connectivity index (χ2n) is 3.97. The van der Waals surface area contributed by atoms with Gasteiger partial charge in [-0.05, 0) is 25.1 Å². The van der Waals surface area contributed by atoms with Gasteiger partial charge in [-0.2, -0.15) is 13.2 Å². The van der Waals surface area contributed by atoms with E-state index in [1.807, 2.05) is 0 Å². The van der Waals surface area contributed by atoms with E-state index in [0.717, 1.165) is 12.1 Å². The molecule has 18 heavy (non-hydrogen) atoms. The minimum Gasteiger partial charge on any atom is -0.322 e. The van der Waals surface area contributed by atoms with Crippen LogP contribution < -0.4 is 11.3 Å². The normalized spacial score (nSPS) is 13.8. The molecule has 1 atom stereocenters. The van der Waals surface area contributed by atoms with Crippen molar-refractivity contribution in [1.82, 2.24) is 9.97 Å². The molecular formula is C11H10F3N3O. The van der Waals surface area contributed by atoms with Crippen molar-refractivity contribution >= 4 is 10.9 Å². The van der Waals surface area contributed by atoms with Crippen molar-refractivity contribution in [2.24, 2.45) is 5.73 Å². The maximum atomic E-state index is 12.5. The smallest absolute Gasteiger partial charge is 0.322 e. The Labute approximate surface area is 99.6 Å². The molecule has 0 bridgehead atoms. The number of benzene rings is 1. The first-order valence-corrected chi connectivity index (χ1v) is 5.16. The van der Waals surface area contributed by atoms with E-state index in [0.29, 0.717) is 0 Å². The monoisotopic (exact) mass is 257 g/mol. The Morgan fingerprint density at radius 3 is 2.61 bits per heavy atom. The Bertz CT molecular complexity index is 646. The lowest BCUT2D eigenvalue weighted by Gasteiger charge is -2.09. The number of hydrogen-bond donors (Lipinski definition) is 2. The van der Waals surface area contributed by atoms with Crippen LogP contribution in [0.25, 0.3) is 10.9 Å². The molecule has 3 N–H and O–H groups in total. The number of halogens is 3. The largest absolute Gasteiger partial charge is 0.416 e. The van der Waals surface area contributed by atoms with Crippen LogP contribution in [0.4, 0.5) is 13.2 Å². The Kier molecular flexibility index (Phi) is 2.86. The van der Waals surface area contributed by atoms with Crippen molar-refractivity contribution in [3.05, 3.63) is 39.9 Å². The molecular weight excluding hydrogens is 247 g/mol. The van der Waals surface area contributed by atoms with E-state index < -0.39 is 23.3 Å². The van der Waals surface area contributed by atoms with Gasteiger partial charge in [-0.1, -0.05) is 0 Å². The Balaban J connectivity index is 2.70. The van der Waals surface area contributed by atoms with E-state index in [2.05, 4.69) is 9.97 Å². The number of aromatic nitrogens is 2. The molecule has 0 aliphatic carbocycles. The average molecular weight is 257 g/mol. The summed E-state index contributed by atoms with van der Waals surface area (Å²) in [5, 5.41) is -0.103. The van der Waals surface area contributed by atoms with Crippen molar-refractivity contribution in [2.45, 2.75) is 19.1 Å². The van der Waals surface area contributed by atoms with Crippen LogP contribution in [-0.4, -0.2) is 9.97 Å². The van der Waals surface area contributed by atoms with E-state index >= 15 is 0 Å². The Morgan fingerprint density at radius 1 is 1.39 bits per heavy atom. The van der Waals surface area contributed by atoms with Gasteiger partial charge in [0, 0.05) is 0 Å². The number of H-pyrrole nitrogens is 1. The van der Waals surface area contributed by atoms with Gasteiger partial charge >= 0.3 is 6.18 Å². The molecule has 0 saturated carbocycles. The van der Waals surface area contributed by atoms with Gasteiger partial charge in [0.25, 0.3) is 5.56 Å². The summed E-state index contributed by atoms with van der Waals surface area (Å²) in [6, 6.07) is 2.34. The summed E-state index contributed by atoms with van der Waals surface area (Å²) in [4.78, 5) is 18.0. The van der Waals surface area contributed by atoms with Crippen molar-refractivity contribution in [1.29, 1.82) is 0 Å². The molecule has 0 amide bonds. The highest BCUT2D eigenvalue weighted by Crippen LogP contribution is 2.30. The summed E-state index contributed by atoms with van der Waals surface area (Å²) in [7, 11) is 0. The van der Waals surface area contributed by atoms with Crippen LogP contribution in [0.2, 0.25) is 0 Å². The maximum absolute atomic E-state index is 12.5. The van der Waals surface area contributed by atoms with Crippen LogP contribution in [0.15, 0.2) is 23.0 Å². The molecule has 4 nitrogen and oxygen atoms in total. The minimum absolute atomic E-state index is 0.103. The lowest BCUT2D eigenvalue weighted by Crippen LogP contribution is -2.18. The molecule has 7 heteroatoms. The van der Waals surface area contributed by atoms with E-state index in [4.69, 9.17) is 5.73 Å².